The fourth-order valence-corrected chi connectivity index (χ4v) is 2.48. The molecule has 0 bridgehead atoms. The number of hydrogen-bond donors (Lipinski definition) is 1. The van der Waals surface area contributed by atoms with Gasteiger partial charge in [0, 0.05) is 24.4 Å². The fourth-order valence-electron chi connectivity index (χ4n) is 1.66. The maximum Gasteiger partial charge on any atom is 0.318 e. The lowest BCUT2D eigenvalue weighted by atomic mass is 10.2. The van der Waals surface area contributed by atoms with Gasteiger partial charge in [-0.3, -0.25) is 0 Å². The van der Waals surface area contributed by atoms with Crippen molar-refractivity contribution in [1.29, 1.82) is 0 Å². The summed E-state index contributed by atoms with van der Waals surface area (Å²) >= 11 is 1.77. The van der Waals surface area contributed by atoms with E-state index in [1.54, 1.807) is 11.3 Å². The van der Waals surface area contributed by atoms with Gasteiger partial charge in [-0.05, 0) is 25.4 Å². The van der Waals surface area contributed by atoms with Gasteiger partial charge < -0.3 is 14.6 Å². The Kier molecular flexibility index (Phi) is 4.33. The van der Waals surface area contributed by atoms with Gasteiger partial charge >= 0.3 is 6.01 Å². The number of nitrogens with one attached hydrogen (secondary N) is 1. The Balaban J connectivity index is 1.98. The van der Waals surface area contributed by atoms with Crippen LogP contribution in [0.2, 0.25) is 0 Å². The third-order valence-corrected chi connectivity index (χ3v) is 3.72. The quantitative estimate of drug-likeness (QED) is 0.865. The van der Waals surface area contributed by atoms with Crippen LogP contribution in [-0.4, -0.2) is 30.3 Å². The lowest BCUT2D eigenvalue weighted by Gasteiger charge is -2.21. The Morgan fingerprint density at radius 2 is 2.33 bits per heavy atom. The lowest BCUT2D eigenvalue weighted by molar-refractivity contribution is 0.465. The second-order valence-corrected chi connectivity index (χ2v) is 5.28. The molecule has 2 heterocycles. The molecule has 1 atom stereocenters. The highest BCUT2D eigenvalue weighted by molar-refractivity contribution is 7.09. The van der Waals surface area contributed by atoms with Gasteiger partial charge in [0.15, 0.2) is 0 Å². The molecule has 2 aromatic rings. The average molecular weight is 266 g/mol. The summed E-state index contributed by atoms with van der Waals surface area (Å²) in [6.45, 7) is 2.75. The number of thiophene rings is 1. The molecule has 98 valence electrons. The van der Waals surface area contributed by atoms with Crippen LogP contribution in [0.3, 0.4) is 0 Å². The molecule has 0 saturated heterocycles. The van der Waals surface area contributed by atoms with Gasteiger partial charge in [-0.2, -0.15) is 0 Å². The summed E-state index contributed by atoms with van der Waals surface area (Å²) in [4.78, 5) is 3.38. The van der Waals surface area contributed by atoms with Gasteiger partial charge in [0.2, 0.25) is 5.89 Å². The van der Waals surface area contributed by atoms with Crippen LogP contribution in [0.15, 0.2) is 21.9 Å². The zero-order valence-corrected chi connectivity index (χ0v) is 11.7. The number of likely N-dealkylation sites (N-methyl/N-ethyl adjacent to an activating group) is 1. The second-order valence-electron chi connectivity index (χ2n) is 4.25. The van der Waals surface area contributed by atoms with E-state index in [4.69, 9.17) is 4.42 Å². The molecule has 1 unspecified atom stereocenters. The van der Waals surface area contributed by atoms with Crippen molar-refractivity contribution in [3.05, 3.63) is 28.3 Å². The summed E-state index contributed by atoms with van der Waals surface area (Å²) in [7, 11) is 3.84. The van der Waals surface area contributed by atoms with Crippen molar-refractivity contribution < 1.29 is 4.42 Å². The van der Waals surface area contributed by atoms with Crippen LogP contribution in [0.25, 0.3) is 0 Å². The highest BCUT2D eigenvalue weighted by atomic mass is 32.1. The smallest absolute Gasteiger partial charge is 0.318 e. The van der Waals surface area contributed by atoms with E-state index in [-0.39, 0.29) is 0 Å². The number of nitrogens with zero attached hydrogens (tertiary/aromatic N) is 3. The number of hydrogen-bond acceptors (Lipinski definition) is 6. The molecule has 1 N–H and O–H groups in total. The molecule has 0 radical (unpaired) electrons. The molecule has 0 aliphatic rings. The van der Waals surface area contributed by atoms with E-state index in [1.807, 2.05) is 19.0 Å². The third-order valence-electron chi connectivity index (χ3n) is 2.82. The third kappa shape index (κ3) is 3.08. The van der Waals surface area contributed by atoms with Gasteiger partial charge in [-0.15, -0.1) is 16.4 Å². The fraction of sp³-hybridized carbons (Fsp3) is 0.500. The van der Waals surface area contributed by atoms with Crippen LogP contribution in [0.4, 0.5) is 6.01 Å². The first-order valence-electron chi connectivity index (χ1n) is 5.93. The molecule has 0 saturated carbocycles. The highest BCUT2D eigenvalue weighted by Gasteiger charge is 2.16. The van der Waals surface area contributed by atoms with Crippen molar-refractivity contribution in [3.8, 4) is 0 Å². The Morgan fingerprint density at radius 3 is 3.00 bits per heavy atom. The number of aromatic nitrogens is 2. The Bertz CT molecular complexity index is 468. The first-order chi connectivity index (χ1) is 8.70. The predicted molar refractivity (Wildman–Crippen MR) is 72.9 cm³/mol. The summed E-state index contributed by atoms with van der Waals surface area (Å²) in [5.41, 5.74) is 0. The molecule has 0 aliphatic carbocycles. The predicted octanol–water partition coefficient (Wildman–Crippen LogP) is 1.92. The molecular formula is C12H18N4OS. The van der Waals surface area contributed by atoms with E-state index in [1.165, 1.54) is 4.88 Å². The maximum atomic E-state index is 5.57. The van der Waals surface area contributed by atoms with Crippen LogP contribution >= 0.6 is 11.3 Å². The van der Waals surface area contributed by atoms with Gasteiger partial charge in [0.05, 0.1) is 6.54 Å². The van der Waals surface area contributed by atoms with Gasteiger partial charge in [0.1, 0.15) is 0 Å². The molecule has 0 aliphatic heterocycles. The summed E-state index contributed by atoms with van der Waals surface area (Å²) in [6.07, 6.45) is 0.984. The van der Waals surface area contributed by atoms with E-state index < -0.39 is 0 Å². The summed E-state index contributed by atoms with van der Waals surface area (Å²) in [6, 6.07) is 5.12. The molecule has 5 nitrogen and oxygen atoms in total. The average Bonchev–Trinajstić information content (AvgIpc) is 3.00. The van der Waals surface area contributed by atoms with E-state index in [2.05, 4.69) is 40.0 Å². The first kappa shape index (κ1) is 13.0. The van der Waals surface area contributed by atoms with Crippen molar-refractivity contribution in [2.45, 2.75) is 25.9 Å². The maximum absolute atomic E-state index is 5.57. The molecule has 18 heavy (non-hydrogen) atoms. The van der Waals surface area contributed by atoms with Gasteiger partial charge in [-0.1, -0.05) is 11.2 Å². The van der Waals surface area contributed by atoms with E-state index in [0.717, 1.165) is 6.42 Å². The Hall–Kier alpha value is -1.40. The zero-order chi connectivity index (χ0) is 13.0. The van der Waals surface area contributed by atoms with Crippen molar-refractivity contribution in [3.63, 3.8) is 0 Å². The van der Waals surface area contributed by atoms with Crippen LogP contribution in [0, 0.1) is 0 Å². The van der Waals surface area contributed by atoms with Gasteiger partial charge in [-0.25, -0.2) is 0 Å². The molecular weight excluding hydrogens is 248 g/mol. The molecule has 0 aromatic carbocycles. The summed E-state index contributed by atoms with van der Waals surface area (Å²) in [5, 5.41) is 13.1. The molecule has 0 spiro atoms. The van der Waals surface area contributed by atoms with Crippen LogP contribution in [0.1, 0.15) is 17.7 Å². The summed E-state index contributed by atoms with van der Waals surface area (Å²) < 4.78 is 5.57. The largest absolute Gasteiger partial charge is 0.407 e. The van der Waals surface area contributed by atoms with Crippen LogP contribution < -0.4 is 10.2 Å². The molecule has 0 fully saturated rings. The van der Waals surface area contributed by atoms with E-state index >= 15 is 0 Å². The minimum atomic E-state index is 0.325. The highest BCUT2D eigenvalue weighted by Crippen LogP contribution is 2.18. The minimum Gasteiger partial charge on any atom is -0.407 e. The Morgan fingerprint density at radius 1 is 1.50 bits per heavy atom. The van der Waals surface area contributed by atoms with Gasteiger partial charge in [0.25, 0.3) is 0 Å². The Labute approximate surface area is 111 Å². The topological polar surface area (TPSA) is 54.2 Å². The summed E-state index contributed by atoms with van der Waals surface area (Å²) in [5.74, 6) is 0.614. The number of anilines is 1. The second kappa shape index (κ2) is 5.97. The SMILES string of the molecule is CNCc1nnc(N(C)C(C)Cc2cccs2)o1. The van der Waals surface area contributed by atoms with Crippen molar-refractivity contribution in [2.24, 2.45) is 0 Å². The van der Waals surface area contributed by atoms with Crippen LogP contribution in [0.5, 0.6) is 0 Å². The first-order valence-corrected chi connectivity index (χ1v) is 6.81. The molecule has 0 amide bonds. The zero-order valence-electron chi connectivity index (χ0n) is 10.9. The molecule has 6 heteroatoms. The van der Waals surface area contributed by atoms with Crippen molar-refractivity contribution >= 4 is 17.4 Å². The number of rotatable bonds is 6. The lowest BCUT2D eigenvalue weighted by Crippen LogP contribution is -2.30. The standard InChI is InChI=1S/C12H18N4OS/c1-9(7-10-5-4-6-18-10)16(3)12-15-14-11(17-12)8-13-2/h4-6,9,13H,7-8H2,1-3H3. The monoisotopic (exact) mass is 266 g/mol. The van der Waals surface area contributed by atoms with Crippen molar-refractivity contribution in [2.75, 3.05) is 19.0 Å². The van der Waals surface area contributed by atoms with Crippen molar-refractivity contribution in [1.82, 2.24) is 15.5 Å². The minimum absolute atomic E-state index is 0.325. The molecule has 2 aromatic heterocycles. The van der Waals surface area contributed by atoms with E-state index in [0.29, 0.717) is 24.5 Å². The molecule has 2 rings (SSSR count). The normalized spacial score (nSPS) is 12.6. The van der Waals surface area contributed by atoms with E-state index in [9.17, 15) is 0 Å². The van der Waals surface area contributed by atoms with Crippen LogP contribution in [-0.2, 0) is 13.0 Å².